The topological polar surface area (TPSA) is 35.5 Å². The summed E-state index contributed by atoms with van der Waals surface area (Å²) in [7, 11) is 1.26. The van der Waals surface area contributed by atoms with Crippen LogP contribution in [0, 0.1) is 5.82 Å². The number of carbonyl (C=O) groups is 1. The Morgan fingerprint density at radius 1 is 1.47 bits per heavy atom. The molecule has 17 heavy (non-hydrogen) atoms. The molecule has 1 aromatic carbocycles. The highest BCUT2D eigenvalue weighted by Gasteiger charge is 2.23. The minimum Gasteiger partial charge on any atom is -0.489 e. The molecule has 0 amide bonds. The number of hydrogen-bond donors (Lipinski definition) is 0. The van der Waals surface area contributed by atoms with Crippen LogP contribution in [0.3, 0.4) is 0 Å². The first-order valence-corrected chi connectivity index (χ1v) is 6.15. The van der Waals surface area contributed by atoms with E-state index in [4.69, 9.17) is 4.74 Å². The Hall–Kier alpha value is -1.10. The summed E-state index contributed by atoms with van der Waals surface area (Å²) in [5, 5.41) is 0. The Labute approximate surface area is 107 Å². The lowest BCUT2D eigenvalue weighted by molar-refractivity contribution is 0.0584. The zero-order valence-electron chi connectivity index (χ0n) is 9.33. The third kappa shape index (κ3) is 2.60. The molecule has 0 aliphatic heterocycles. The lowest BCUT2D eigenvalue weighted by atomic mass is 9.96. The maximum atomic E-state index is 13.4. The number of ether oxygens (including phenoxy) is 2. The number of carbonyl (C=O) groups excluding carboxylic acids is 1. The van der Waals surface area contributed by atoms with Crippen LogP contribution in [0.25, 0.3) is 0 Å². The van der Waals surface area contributed by atoms with Crippen LogP contribution in [0.15, 0.2) is 16.6 Å². The van der Waals surface area contributed by atoms with E-state index in [-0.39, 0.29) is 16.1 Å². The van der Waals surface area contributed by atoms with Gasteiger partial charge in [0.2, 0.25) is 0 Å². The Balaban J connectivity index is 2.32. The molecule has 0 saturated heterocycles. The smallest absolute Gasteiger partial charge is 0.341 e. The Morgan fingerprint density at radius 3 is 2.71 bits per heavy atom. The maximum absolute atomic E-state index is 13.4. The Kier molecular flexibility index (Phi) is 3.66. The van der Waals surface area contributed by atoms with E-state index in [0.29, 0.717) is 5.75 Å². The van der Waals surface area contributed by atoms with E-state index in [0.717, 1.165) is 25.3 Å². The molecule has 2 rings (SSSR count). The summed E-state index contributed by atoms with van der Waals surface area (Å²) in [5.41, 5.74) is 0.125. The molecule has 0 aromatic heterocycles. The standard InChI is InChI=1S/C12H12BrFO3/c1-16-12(15)8-5-10(14)9(13)6-11(8)17-7-3-2-4-7/h5-7H,2-4H2,1H3. The SMILES string of the molecule is COC(=O)c1cc(F)c(Br)cc1OC1CCC1. The van der Waals surface area contributed by atoms with Gasteiger partial charge in [0, 0.05) is 0 Å². The number of hydrogen-bond acceptors (Lipinski definition) is 3. The molecule has 1 aliphatic carbocycles. The predicted molar refractivity (Wildman–Crippen MR) is 63.7 cm³/mol. The van der Waals surface area contributed by atoms with Gasteiger partial charge >= 0.3 is 5.97 Å². The van der Waals surface area contributed by atoms with Crippen molar-refractivity contribution in [3.05, 3.63) is 28.0 Å². The maximum Gasteiger partial charge on any atom is 0.341 e. The monoisotopic (exact) mass is 302 g/mol. The molecule has 0 spiro atoms. The Bertz CT molecular complexity index is 444. The van der Waals surface area contributed by atoms with Crippen molar-refractivity contribution in [2.75, 3.05) is 7.11 Å². The molecule has 1 aromatic rings. The largest absolute Gasteiger partial charge is 0.489 e. The molecule has 3 nitrogen and oxygen atoms in total. The van der Waals surface area contributed by atoms with Gasteiger partial charge in [-0.05, 0) is 47.3 Å². The zero-order chi connectivity index (χ0) is 12.4. The molecule has 1 saturated carbocycles. The number of esters is 1. The van der Waals surface area contributed by atoms with Gasteiger partial charge < -0.3 is 9.47 Å². The molecule has 0 heterocycles. The van der Waals surface area contributed by atoms with E-state index in [1.807, 2.05) is 0 Å². The number of rotatable bonds is 3. The summed E-state index contributed by atoms with van der Waals surface area (Å²) in [4.78, 5) is 11.5. The van der Waals surface area contributed by atoms with Gasteiger partial charge in [-0.15, -0.1) is 0 Å². The van der Waals surface area contributed by atoms with Crippen molar-refractivity contribution in [1.82, 2.24) is 0 Å². The molecule has 1 aliphatic rings. The second-order valence-corrected chi connectivity index (χ2v) is 4.78. The summed E-state index contributed by atoms with van der Waals surface area (Å²) in [6.07, 6.45) is 3.18. The van der Waals surface area contributed by atoms with Gasteiger partial charge in [0.05, 0.1) is 17.7 Å². The fraction of sp³-hybridized carbons (Fsp3) is 0.417. The van der Waals surface area contributed by atoms with Crippen LogP contribution >= 0.6 is 15.9 Å². The van der Waals surface area contributed by atoms with Gasteiger partial charge in [0.15, 0.2) is 0 Å². The minimum absolute atomic E-state index is 0.121. The van der Waals surface area contributed by atoms with Crippen molar-refractivity contribution >= 4 is 21.9 Å². The van der Waals surface area contributed by atoms with Crippen molar-refractivity contribution < 1.29 is 18.7 Å². The summed E-state index contributed by atoms with van der Waals surface area (Å²) in [6.45, 7) is 0. The number of halogens is 2. The molecule has 0 N–H and O–H groups in total. The van der Waals surface area contributed by atoms with Crippen molar-refractivity contribution in [2.45, 2.75) is 25.4 Å². The molecule has 0 radical (unpaired) electrons. The first-order valence-electron chi connectivity index (χ1n) is 5.36. The molecule has 92 valence electrons. The quantitative estimate of drug-likeness (QED) is 0.804. The van der Waals surface area contributed by atoms with E-state index in [1.54, 1.807) is 0 Å². The summed E-state index contributed by atoms with van der Waals surface area (Å²) >= 11 is 3.07. The highest BCUT2D eigenvalue weighted by Crippen LogP contribution is 2.31. The molecule has 0 unspecified atom stereocenters. The van der Waals surface area contributed by atoms with E-state index in [2.05, 4.69) is 20.7 Å². The van der Waals surface area contributed by atoms with E-state index >= 15 is 0 Å². The average Bonchev–Trinajstić information content (AvgIpc) is 2.26. The van der Waals surface area contributed by atoms with Gasteiger partial charge in [-0.25, -0.2) is 9.18 Å². The van der Waals surface area contributed by atoms with Gasteiger partial charge in [-0.3, -0.25) is 0 Å². The van der Waals surface area contributed by atoms with Gasteiger partial charge in [-0.1, -0.05) is 0 Å². The second kappa shape index (κ2) is 5.04. The van der Waals surface area contributed by atoms with Gasteiger partial charge in [0.25, 0.3) is 0 Å². The molecule has 0 bridgehead atoms. The number of benzene rings is 1. The second-order valence-electron chi connectivity index (χ2n) is 3.92. The van der Waals surface area contributed by atoms with Crippen molar-refractivity contribution in [2.24, 2.45) is 0 Å². The predicted octanol–water partition coefficient (Wildman–Crippen LogP) is 3.31. The van der Waals surface area contributed by atoms with Crippen LogP contribution in [-0.4, -0.2) is 19.2 Å². The van der Waals surface area contributed by atoms with Gasteiger partial charge in [0.1, 0.15) is 17.1 Å². The summed E-state index contributed by atoms with van der Waals surface area (Å²) in [5.74, 6) is -0.730. The summed E-state index contributed by atoms with van der Waals surface area (Å²) in [6, 6.07) is 2.60. The van der Waals surface area contributed by atoms with Gasteiger partial charge in [-0.2, -0.15) is 0 Å². The van der Waals surface area contributed by atoms with Crippen LogP contribution < -0.4 is 4.74 Å². The van der Waals surface area contributed by atoms with E-state index in [1.165, 1.54) is 13.2 Å². The third-order valence-corrected chi connectivity index (χ3v) is 3.38. The molecule has 5 heteroatoms. The van der Waals surface area contributed by atoms with Crippen LogP contribution in [0.1, 0.15) is 29.6 Å². The van der Waals surface area contributed by atoms with Crippen LogP contribution in [0.5, 0.6) is 5.75 Å². The third-order valence-electron chi connectivity index (χ3n) is 2.77. The average molecular weight is 303 g/mol. The lowest BCUT2D eigenvalue weighted by Gasteiger charge is -2.27. The van der Waals surface area contributed by atoms with Crippen LogP contribution in [0.2, 0.25) is 0 Å². The van der Waals surface area contributed by atoms with E-state index in [9.17, 15) is 9.18 Å². The fourth-order valence-corrected chi connectivity index (χ4v) is 1.89. The highest BCUT2D eigenvalue weighted by atomic mass is 79.9. The number of methoxy groups -OCH3 is 1. The van der Waals surface area contributed by atoms with E-state index < -0.39 is 11.8 Å². The van der Waals surface area contributed by atoms with Crippen molar-refractivity contribution in [1.29, 1.82) is 0 Å². The minimum atomic E-state index is -0.592. The van der Waals surface area contributed by atoms with Crippen molar-refractivity contribution in [3.63, 3.8) is 0 Å². The summed E-state index contributed by atoms with van der Waals surface area (Å²) < 4.78 is 23.9. The molecule has 0 atom stereocenters. The van der Waals surface area contributed by atoms with Crippen LogP contribution in [-0.2, 0) is 4.74 Å². The normalized spacial score (nSPS) is 15.2. The fourth-order valence-electron chi connectivity index (χ4n) is 1.56. The molecule has 1 fully saturated rings. The molecular weight excluding hydrogens is 291 g/mol. The van der Waals surface area contributed by atoms with Crippen LogP contribution in [0.4, 0.5) is 4.39 Å². The zero-order valence-corrected chi connectivity index (χ0v) is 10.9. The Morgan fingerprint density at radius 2 is 2.18 bits per heavy atom. The first-order chi connectivity index (χ1) is 8.11. The van der Waals surface area contributed by atoms with Crippen molar-refractivity contribution in [3.8, 4) is 5.75 Å². The highest BCUT2D eigenvalue weighted by molar-refractivity contribution is 9.10. The lowest BCUT2D eigenvalue weighted by Crippen LogP contribution is -2.25. The molecular formula is C12H12BrFO3. The first kappa shape index (κ1) is 12.4.